The average molecular weight is 586 g/mol. The Kier molecular flexibility index (Phi) is 9.63. The highest BCUT2D eigenvalue weighted by Gasteiger charge is 2.46. The first kappa shape index (κ1) is 31.2. The van der Waals surface area contributed by atoms with Crippen LogP contribution in [0.1, 0.15) is 66.2 Å². The third kappa shape index (κ3) is 7.20. The monoisotopic (exact) mass is 585 g/mol. The maximum atomic E-state index is 14.5. The fourth-order valence-electron chi connectivity index (χ4n) is 6.46. The summed E-state index contributed by atoms with van der Waals surface area (Å²) in [7, 11) is -2.61. The normalized spacial score (nSPS) is 17.4. The topological polar surface area (TPSA) is 52.6 Å². The van der Waals surface area contributed by atoms with Gasteiger partial charge in [-0.1, -0.05) is 18.2 Å². The summed E-state index contributed by atoms with van der Waals surface area (Å²) < 4.78 is 43.6. The molecule has 0 atom stereocenters. The smallest absolute Gasteiger partial charge is 0.220 e. The summed E-state index contributed by atoms with van der Waals surface area (Å²) >= 11 is 0. The molecule has 1 amide bonds. The van der Waals surface area contributed by atoms with Gasteiger partial charge in [-0.25, -0.2) is 13.2 Å². The quantitative estimate of drug-likeness (QED) is 0.211. The lowest BCUT2D eigenvalue weighted by molar-refractivity contribution is -0.246. The van der Waals surface area contributed by atoms with Crippen LogP contribution in [-0.4, -0.2) is 39.5 Å². The predicted octanol–water partition coefficient (Wildman–Crippen LogP) is 6.49. The fourth-order valence-corrected chi connectivity index (χ4v) is 10.9. The summed E-state index contributed by atoms with van der Waals surface area (Å²) in [6.45, 7) is 7.88. The standard InChI is InChI=1S/C33H40F3N2O2P/c1-32(2)22-27(23-33(3,4)38(32)40)37-31(39)17-6-5-7-18-41(28-14-8-11-24(34)19-28,29-15-9-12-25(35)20-29)30-16-10-13-26(36)21-30/h8-16,19-21,27,40H,5-7,17-18,22-23H2,1-4H3/p+1. The van der Waals surface area contributed by atoms with Crippen molar-refractivity contribution >= 4 is 29.1 Å². The van der Waals surface area contributed by atoms with Gasteiger partial charge in [-0.2, -0.15) is 5.06 Å². The van der Waals surface area contributed by atoms with Crippen molar-refractivity contribution in [2.75, 3.05) is 6.16 Å². The zero-order valence-electron chi connectivity index (χ0n) is 24.3. The van der Waals surface area contributed by atoms with Crippen molar-refractivity contribution in [3.05, 3.63) is 90.2 Å². The molecule has 4 nitrogen and oxygen atoms in total. The molecule has 8 heteroatoms. The minimum absolute atomic E-state index is 0.0190. The van der Waals surface area contributed by atoms with E-state index >= 15 is 0 Å². The van der Waals surface area contributed by atoms with Crippen molar-refractivity contribution in [3.8, 4) is 0 Å². The molecule has 4 rings (SSSR count). The van der Waals surface area contributed by atoms with Crippen LogP contribution >= 0.6 is 7.26 Å². The number of halogens is 3. The number of rotatable bonds is 10. The Morgan fingerprint density at radius 3 is 1.66 bits per heavy atom. The number of hydrogen-bond acceptors (Lipinski definition) is 3. The predicted molar refractivity (Wildman–Crippen MR) is 161 cm³/mol. The molecule has 1 saturated heterocycles. The first-order valence-corrected chi connectivity index (χ1v) is 16.3. The van der Waals surface area contributed by atoms with Gasteiger partial charge in [-0.05, 0) is 96.2 Å². The van der Waals surface area contributed by atoms with Crippen LogP contribution in [0.5, 0.6) is 0 Å². The number of nitrogens with one attached hydrogen (secondary N) is 1. The lowest BCUT2D eigenvalue weighted by Gasteiger charge is -2.51. The van der Waals surface area contributed by atoms with Gasteiger partial charge in [0, 0.05) is 41.7 Å². The van der Waals surface area contributed by atoms with Crippen LogP contribution in [0, 0.1) is 17.5 Å². The number of carbonyl (C=O) groups is 1. The number of nitrogens with zero attached hydrogens (tertiary/aromatic N) is 1. The average Bonchev–Trinajstić information content (AvgIpc) is 2.89. The summed E-state index contributed by atoms with van der Waals surface area (Å²) in [5.41, 5.74) is -0.894. The summed E-state index contributed by atoms with van der Waals surface area (Å²) in [6.07, 6.45) is 4.36. The van der Waals surface area contributed by atoms with E-state index in [0.717, 1.165) is 22.3 Å². The van der Waals surface area contributed by atoms with E-state index in [2.05, 4.69) is 5.32 Å². The third-order valence-electron chi connectivity index (χ3n) is 8.15. The Balaban J connectivity index is 1.49. The van der Waals surface area contributed by atoms with Gasteiger partial charge in [0.15, 0.2) is 0 Å². The van der Waals surface area contributed by atoms with E-state index in [-0.39, 0.29) is 11.9 Å². The van der Waals surface area contributed by atoms with E-state index < -0.39 is 35.8 Å². The highest BCUT2D eigenvalue weighted by molar-refractivity contribution is 7.95. The van der Waals surface area contributed by atoms with Crippen molar-refractivity contribution in [1.29, 1.82) is 0 Å². The second kappa shape index (κ2) is 12.6. The van der Waals surface area contributed by atoms with Gasteiger partial charge in [0.2, 0.25) is 5.91 Å². The van der Waals surface area contributed by atoms with E-state index in [0.29, 0.717) is 38.3 Å². The first-order valence-electron chi connectivity index (χ1n) is 14.3. The molecule has 1 aliphatic heterocycles. The zero-order valence-corrected chi connectivity index (χ0v) is 25.2. The van der Waals surface area contributed by atoms with Crippen LogP contribution in [0.25, 0.3) is 0 Å². The minimum Gasteiger partial charge on any atom is -0.353 e. The van der Waals surface area contributed by atoms with E-state index in [1.54, 1.807) is 18.2 Å². The lowest BCUT2D eigenvalue weighted by Crippen LogP contribution is -2.62. The molecule has 1 heterocycles. The fraction of sp³-hybridized carbons (Fsp3) is 0.424. The van der Waals surface area contributed by atoms with Gasteiger partial charge in [0.1, 0.15) is 40.6 Å². The maximum Gasteiger partial charge on any atom is 0.220 e. The number of amides is 1. The third-order valence-corrected chi connectivity index (χ3v) is 12.6. The lowest BCUT2D eigenvalue weighted by atomic mass is 9.79. The molecule has 0 spiro atoms. The van der Waals surface area contributed by atoms with Crippen molar-refractivity contribution in [1.82, 2.24) is 10.4 Å². The second-order valence-corrected chi connectivity index (χ2v) is 16.0. The van der Waals surface area contributed by atoms with E-state index in [1.807, 2.05) is 45.9 Å². The summed E-state index contributed by atoms with van der Waals surface area (Å²) in [5, 5.41) is 17.3. The van der Waals surface area contributed by atoms with Crippen LogP contribution in [0.15, 0.2) is 72.8 Å². The zero-order chi connectivity index (χ0) is 29.8. The van der Waals surface area contributed by atoms with Gasteiger partial charge in [0.25, 0.3) is 0 Å². The van der Waals surface area contributed by atoms with Gasteiger partial charge in [-0.3, -0.25) is 4.79 Å². The maximum absolute atomic E-state index is 14.5. The van der Waals surface area contributed by atoms with Crippen LogP contribution in [0.3, 0.4) is 0 Å². The molecule has 0 aromatic heterocycles. The number of carbonyl (C=O) groups excluding carboxylic acids is 1. The highest BCUT2D eigenvalue weighted by atomic mass is 31.2. The number of hydrogen-bond donors (Lipinski definition) is 2. The summed E-state index contributed by atoms with van der Waals surface area (Å²) in [5.74, 6) is -1.20. The van der Waals surface area contributed by atoms with Crippen LogP contribution in [0.4, 0.5) is 13.2 Å². The van der Waals surface area contributed by atoms with Crippen molar-refractivity contribution < 1.29 is 23.2 Å². The molecule has 1 aliphatic rings. The summed E-state index contributed by atoms with van der Waals surface area (Å²) in [4.78, 5) is 12.8. The molecule has 2 N–H and O–H groups in total. The molecule has 220 valence electrons. The van der Waals surface area contributed by atoms with E-state index in [9.17, 15) is 23.2 Å². The molecular weight excluding hydrogens is 544 g/mol. The molecule has 3 aromatic carbocycles. The van der Waals surface area contributed by atoms with Crippen LogP contribution in [0.2, 0.25) is 0 Å². The molecule has 0 unspecified atom stereocenters. The summed E-state index contributed by atoms with van der Waals surface area (Å²) in [6, 6.07) is 19.0. The molecule has 41 heavy (non-hydrogen) atoms. The Morgan fingerprint density at radius 1 is 0.805 bits per heavy atom. The van der Waals surface area contributed by atoms with Crippen molar-refractivity contribution in [2.24, 2.45) is 0 Å². The Hall–Kier alpha value is -2.73. The Bertz CT molecular complexity index is 1230. The molecule has 3 aromatic rings. The van der Waals surface area contributed by atoms with Gasteiger partial charge < -0.3 is 10.5 Å². The first-order chi connectivity index (χ1) is 19.3. The SMILES string of the molecule is CC1(C)CC(NC(=O)CCCCC[P+](c2cccc(F)c2)(c2cccc(F)c2)c2cccc(F)c2)CC(C)(C)N1O. The minimum atomic E-state index is -2.61. The number of hydroxylamine groups is 2. The Morgan fingerprint density at radius 2 is 1.24 bits per heavy atom. The van der Waals surface area contributed by atoms with Crippen LogP contribution < -0.4 is 21.2 Å². The Labute approximate surface area is 242 Å². The van der Waals surface area contributed by atoms with Crippen LogP contribution in [-0.2, 0) is 4.79 Å². The van der Waals surface area contributed by atoms with Gasteiger partial charge >= 0.3 is 0 Å². The molecule has 0 saturated carbocycles. The van der Waals surface area contributed by atoms with E-state index in [4.69, 9.17) is 0 Å². The number of unbranched alkanes of at least 4 members (excludes halogenated alkanes) is 2. The number of piperidine rings is 1. The molecule has 0 bridgehead atoms. The molecule has 0 aliphatic carbocycles. The number of benzene rings is 3. The van der Waals surface area contributed by atoms with Crippen molar-refractivity contribution in [2.45, 2.75) is 83.3 Å². The largest absolute Gasteiger partial charge is 0.353 e. The van der Waals surface area contributed by atoms with Gasteiger partial charge in [-0.15, -0.1) is 0 Å². The van der Waals surface area contributed by atoms with E-state index in [1.165, 1.54) is 41.5 Å². The second-order valence-electron chi connectivity index (χ2n) is 12.4. The van der Waals surface area contributed by atoms with Crippen molar-refractivity contribution in [3.63, 3.8) is 0 Å². The van der Waals surface area contributed by atoms with Gasteiger partial charge in [0.05, 0.1) is 6.16 Å². The molecule has 1 fully saturated rings. The molecular formula is C33H41F3N2O2P+. The highest BCUT2D eigenvalue weighted by Crippen LogP contribution is 2.56. The molecule has 0 radical (unpaired) electrons.